The van der Waals surface area contributed by atoms with Crippen LogP contribution in [0.1, 0.15) is 6.92 Å². The van der Waals surface area contributed by atoms with Gasteiger partial charge in [0.1, 0.15) is 5.75 Å². The van der Waals surface area contributed by atoms with Gasteiger partial charge < -0.3 is 10.1 Å². The van der Waals surface area contributed by atoms with Crippen LogP contribution in [0.2, 0.25) is 5.02 Å². The van der Waals surface area contributed by atoms with E-state index in [1.165, 1.54) is 12.1 Å². The molecule has 30 heavy (non-hydrogen) atoms. The summed E-state index contributed by atoms with van der Waals surface area (Å²) >= 11 is 7.09. The van der Waals surface area contributed by atoms with Crippen molar-refractivity contribution in [3.8, 4) is 5.75 Å². The number of hydrogen-bond donors (Lipinski definition) is 1. The normalized spacial score (nSPS) is 16.2. The van der Waals surface area contributed by atoms with E-state index in [-0.39, 0.29) is 17.2 Å². The molecular formula is C19H18ClN3O5S2. The SMILES string of the molecule is CCn1c(=O)sc2cc(NC(=O)C3CN(S(C)(=O)=O)c4cc(Cl)ccc4O3)ccc21. The van der Waals surface area contributed by atoms with Gasteiger partial charge in [-0.25, -0.2) is 8.42 Å². The summed E-state index contributed by atoms with van der Waals surface area (Å²) in [5.74, 6) is -0.240. The maximum absolute atomic E-state index is 12.8. The van der Waals surface area contributed by atoms with Gasteiger partial charge in [0, 0.05) is 17.3 Å². The molecule has 0 fully saturated rings. The lowest BCUT2D eigenvalue weighted by atomic mass is 10.2. The highest BCUT2D eigenvalue weighted by molar-refractivity contribution is 7.92. The second-order valence-electron chi connectivity index (χ2n) is 6.80. The molecule has 1 amide bonds. The van der Waals surface area contributed by atoms with Crippen molar-refractivity contribution in [3.05, 3.63) is 51.1 Å². The maximum Gasteiger partial charge on any atom is 0.308 e. The lowest BCUT2D eigenvalue weighted by molar-refractivity contribution is -0.122. The monoisotopic (exact) mass is 467 g/mol. The van der Waals surface area contributed by atoms with Crippen LogP contribution in [0.15, 0.2) is 41.2 Å². The third kappa shape index (κ3) is 3.78. The van der Waals surface area contributed by atoms with Gasteiger partial charge in [-0.2, -0.15) is 0 Å². The Balaban J connectivity index is 1.61. The molecule has 2 heterocycles. The molecule has 8 nitrogen and oxygen atoms in total. The van der Waals surface area contributed by atoms with Crippen molar-refractivity contribution < 1.29 is 17.9 Å². The van der Waals surface area contributed by atoms with Crippen LogP contribution < -0.4 is 19.2 Å². The number of carbonyl (C=O) groups is 1. The van der Waals surface area contributed by atoms with Gasteiger partial charge in [-0.3, -0.25) is 18.5 Å². The number of benzene rings is 2. The molecule has 0 radical (unpaired) electrons. The minimum atomic E-state index is -3.65. The Hall–Kier alpha value is -2.56. The zero-order valence-electron chi connectivity index (χ0n) is 16.1. The average molecular weight is 468 g/mol. The van der Waals surface area contributed by atoms with E-state index in [9.17, 15) is 18.0 Å². The highest BCUT2D eigenvalue weighted by Gasteiger charge is 2.35. The zero-order chi connectivity index (χ0) is 21.6. The van der Waals surface area contributed by atoms with Crippen molar-refractivity contribution in [3.63, 3.8) is 0 Å². The van der Waals surface area contributed by atoms with Gasteiger partial charge in [0.05, 0.1) is 28.7 Å². The number of aryl methyl sites for hydroxylation is 1. The Bertz CT molecular complexity index is 1320. The summed E-state index contributed by atoms with van der Waals surface area (Å²) < 4.78 is 33.8. The number of nitrogens with zero attached hydrogens (tertiary/aromatic N) is 2. The quantitative estimate of drug-likeness (QED) is 0.636. The number of halogens is 1. The van der Waals surface area contributed by atoms with Crippen LogP contribution >= 0.6 is 22.9 Å². The Morgan fingerprint density at radius 1 is 1.30 bits per heavy atom. The van der Waals surface area contributed by atoms with Gasteiger partial charge >= 0.3 is 4.87 Å². The molecule has 2 aromatic carbocycles. The van der Waals surface area contributed by atoms with E-state index in [1.807, 2.05) is 6.92 Å². The number of sulfonamides is 1. The van der Waals surface area contributed by atoms with Gasteiger partial charge in [0.2, 0.25) is 10.0 Å². The molecule has 0 saturated heterocycles. The largest absolute Gasteiger partial charge is 0.476 e. The molecule has 0 aliphatic carbocycles. The molecule has 1 N–H and O–H groups in total. The predicted molar refractivity (Wildman–Crippen MR) is 118 cm³/mol. The molecule has 1 aliphatic rings. The first-order valence-corrected chi connectivity index (χ1v) is 12.1. The third-order valence-corrected chi connectivity index (χ3v) is 7.06. The number of amides is 1. The smallest absolute Gasteiger partial charge is 0.308 e. The highest BCUT2D eigenvalue weighted by atomic mass is 35.5. The van der Waals surface area contributed by atoms with E-state index < -0.39 is 22.0 Å². The summed E-state index contributed by atoms with van der Waals surface area (Å²) in [7, 11) is -3.65. The molecule has 1 unspecified atom stereocenters. The molecule has 11 heteroatoms. The van der Waals surface area contributed by atoms with Gasteiger partial charge in [0.25, 0.3) is 5.91 Å². The number of carbonyl (C=O) groups excluding carboxylic acids is 1. The van der Waals surface area contributed by atoms with Gasteiger partial charge in [-0.05, 0) is 43.3 Å². The Labute approximate surface area is 181 Å². The average Bonchev–Trinajstić information content (AvgIpc) is 3.00. The number of fused-ring (bicyclic) bond motifs is 2. The molecule has 0 saturated carbocycles. The van der Waals surface area contributed by atoms with Crippen molar-refractivity contribution in [2.45, 2.75) is 19.6 Å². The molecule has 1 aromatic heterocycles. The van der Waals surface area contributed by atoms with Gasteiger partial charge in [-0.15, -0.1) is 0 Å². The summed E-state index contributed by atoms with van der Waals surface area (Å²) in [6, 6.07) is 9.77. The van der Waals surface area contributed by atoms with Crippen LogP contribution in [0.4, 0.5) is 11.4 Å². The first kappa shape index (κ1) is 20.7. The van der Waals surface area contributed by atoms with Crippen LogP contribution in [-0.4, -0.2) is 37.8 Å². The topological polar surface area (TPSA) is 97.7 Å². The molecule has 3 aromatic rings. The molecule has 4 rings (SSSR count). The second kappa shape index (κ2) is 7.60. The fourth-order valence-electron chi connectivity index (χ4n) is 3.34. The van der Waals surface area contributed by atoms with Crippen LogP contribution in [0.3, 0.4) is 0 Å². The number of ether oxygens (including phenoxy) is 1. The van der Waals surface area contributed by atoms with Crippen LogP contribution in [0, 0.1) is 0 Å². The van der Waals surface area contributed by atoms with Gasteiger partial charge in [0.15, 0.2) is 6.10 Å². The van der Waals surface area contributed by atoms with Crippen molar-refractivity contribution >= 4 is 60.5 Å². The van der Waals surface area contributed by atoms with Crippen LogP contribution in [-0.2, 0) is 21.4 Å². The predicted octanol–water partition coefficient (Wildman–Crippen LogP) is 2.90. The van der Waals surface area contributed by atoms with Crippen LogP contribution in [0.25, 0.3) is 10.2 Å². The van der Waals surface area contributed by atoms with Crippen molar-refractivity contribution in [1.82, 2.24) is 4.57 Å². The zero-order valence-corrected chi connectivity index (χ0v) is 18.5. The van der Waals surface area contributed by atoms with E-state index in [1.54, 1.807) is 28.8 Å². The lowest BCUT2D eigenvalue weighted by Gasteiger charge is -2.34. The van der Waals surface area contributed by atoms with Crippen molar-refractivity contribution in [2.75, 3.05) is 22.4 Å². The minimum absolute atomic E-state index is 0.0642. The second-order valence-corrected chi connectivity index (χ2v) is 10.1. The van der Waals surface area contributed by atoms with E-state index in [4.69, 9.17) is 16.3 Å². The van der Waals surface area contributed by atoms with E-state index >= 15 is 0 Å². The first-order chi connectivity index (χ1) is 14.2. The molecular weight excluding hydrogens is 450 g/mol. The minimum Gasteiger partial charge on any atom is -0.476 e. The van der Waals surface area contributed by atoms with Crippen LogP contribution in [0.5, 0.6) is 5.75 Å². The number of aromatic nitrogens is 1. The number of anilines is 2. The van der Waals surface area contributed by atoms with E-state index in [2.05, 4.69) is 5.32 Å². The molecule has 158 valence electrons. The number of nitrogens with one attached hydrogen (secondary N) is 1. The standard InChI is InChI=1S/C19H18ClN3O5S2/c1-3-22-13-6-5-12(9-17(13)29-19(22)25)21-18(24)16-10-23(30(2,26)27)14-8-11(20)4-7-15(14)28-16/h4-9,16H,3,10H2,1-2H3,(H,21,24). The molecule has 0 bridgehead atoms. The molecule has 1 atom stereocenters. The van der Waals surface area contributed by atoms with E-state index in [0.29, 0.717) is 22.9 Å². The number of rotatable bonds is 4. The van der Waals surface area contributed by atoms with Crippen molar-refractivity contribution in [1.29, 1.82) is 0 Å². The summed E-state index contributed by atoms with van der Waals surface area (Å²) in [5, 5.41) is 3.11. The summed E-state index contributed by atoms with van der Waals surface area (Å²) in [6.07, 6.45) is 0.00899. The first-order valence-electron chi connectivity index (χ1n) is 9.05. The molecule has 1 aliphatic heterocycles. The van der Waals surface area contributed by atoms with Gasteiger partial charge in [-0.1, -0.05) is 22.9 Å². The summed E-state index contributed by atoms with van der Waals surface area (Å²) in [6.45, 7) is 2.27. The Morgan fingerprint density at radius 2 is 2.07 bits per heavy atom. The molecule has 0 spiro atoms. The third-order valence-electron chi connectivity index (χ3n) is 4.74. The highest BCUT2D eigenvalue weighted by Crippen LogP contribution is 2.37. The van der Waals surface area contributed by atoms with E-state index in [0.717, 1.165) is 32.1 Å². The fourth-order valence-corrected chi connectivity index (χ4v) is 5.41. The summed E-state index contributed by atoms with van der Waals surface area (Å²) in [5.41, 5.74) is 1.59. The lowest BCUT2D eigenvalue weighted by Crippen LogP contribution is -2.48. The summed E-state index contributed by atoms with van der Waals surface area (Å²) in [4.78, 5) is 24.8. The number of hydrogen-bond acceptors (Lipinski definition) is 6. The fraction of sp³-hybridized carbons (Fsp3) is 0.263. The Kier molecular flexibility index (Phi) is 5.25. The van der Waals surface area contributed by atoms with Crippen molar-refractivity contribution in [2.24, 2.45) is 0 Å². The maximum atomic E-state index is 12.8. The Morgan fingerprint density at radius 3 is 2.77 bits per heavy atom. The number of thiazole rings is 1.